The zero-order valence-electron chi connectivity index (χ0n) is 10.7. The average Bonchev–Trinajstić information content (AvgIpc) is 2.38. The fourth-order valence-electron chi connectivity index (χ4n) is 2.27. The third-order valence-electron chi connectivity index (χ3n) is 3.32. The molecule has 4 nitrogen and oxygen atoms in total. The van der Waals surface area contributed by atoms with Crippen LogP contribution < -0.4 is 10.1 Å². The summed E-state index contributed by atoms with van der Waals surface area (Å²) in [5.74, 6) is 0.00511. The highest BCUT2D eigenvalue weighted by Gasteiger charge is 2.30. The molecule has 1 N–H and O–H groups in total. The van der Waals surface area contributed by atoms with Crippen molar-refractivity contribution in [3.8, 4) is 5.75 Å². The van der Waals surface area contributed by atoms with Gasteiger partial charge in [-0.05, 0) is 24.5 Å². The Kier molecular flexibility index (Phi) is 3.65. The Labute approximate surface area is 106 Å². The van der Waals surface area contributed by atoms with Crippen LogP contribution in [0.1, 0.15) is 36.8 Å². The Balaban J connectivity index is 2.36. The molecule has 1 aromatic carbocycles. The van der Waals surface area contributed by atoms with Gasteiger partial charge in [0.05, 0.1) is 13.0 Å². The van der Waals surface area contributed by atoms with Crippen LogP contribution in [0.2, 0.25) is 0 Å². The van der Waals surface area contributed by atoms with Gasteiger partial charge in [-0.3, -0.25) is 14.9 Å². The molecule has 0 aromatic heterocycles. The van der Waals surface area contributed by atoms with Crippen molar-refractivity contribution in [2.45, 2.75) is 32.1 Å². The predicted molar refractivity (Wildman–Crippen MR) is 67.5 cm³/mol. The number of amides is 2. The van der Waals surface area contributed by atoms with E-state index in [1.807, 2.05) is 18.2 Å². The standard InChI is InChI=1S/C14H17NO3/c1-3-9-4-6-12(18-2)11(8-9)10-5-7-13(16)15-14(10)17/h4,6,8,10H,3,5,7H2,1-2H3,(H,15,16,17). The number of imide groups is 1. The van der Waals surface area contributed by atoms with Crippen LogP contribution >= 0.6 is 0 Å². The Morgan fingerprint density at radius 2 is 2.17 bits per heavy atom. The van der Waals surface area contributed by atoms with E-state index in [9.17, 15) is 9.59 Å². The summed E-state index contributed by atoms with van der Waals surface area (Å²) in [5, 5.41) is 2.38. The van der Waals surface area contributed by atoms with Gasteiger partial charge in [0.15, 0.2) is 0 Å². The van der Waals surface area contributed by atoms with Gasteiger partial charge in [0.25, 0.3) is 0 Å². The maximum Gasteiger partial charge on any atom is 0.234 e. The van der Waals surface area contributed by atoms with Crippen LogP contribution in [0, 0.1) is 0 Å². The molecule has 1 aliphatic heterocycles. The summed E-state index contributed by atoms with van der Waals surface area (Å²) in [7, 11) is 1.59. The minimum Gasteiger partial charge on any atom is -0.496 e. The maximum absolute atomic E-state index is 11.9. The SMILES string of the molecule is CCc1ccc(OC)c(C2CCC(=O)NC2=O)c1. The molecule has 1 saturated heterocycles. The summed E-state index contributed by atoms with van der Waals surface area (Å²) in [5.41, 5.74) is 2.04. The first-order valence-corrected chi connectivity index (χ1v) is 6.16. The molecule has 0 aliphatic carbocycles. The molecule has 1 aromatic rings. The van der Waals surface area contributed by atoms with E-state index in [2.05, 4.69) is 12.2 Å². The first-order chi connectivity index (χ1) is 8.65. The van der Waals surface area contributed by atoms with Crippen molar-refractivity contribution in [3.63, 3.8) is 0 Å². The fourth-order valence-corrected chi connectivity index (χ4v) is 2.27. The van der Waals surface area contributed by atoms with E-state index >= 15 is 0 Å². The highest BCUT2D eigenvalue weighted by molar-refractivity contribution is 6.01. The molecule has 2 amide bonds. The third kappa shape index (κ3) is 2.37. The fraction of sp³-hybridized carbons (Fsp3) is 0.429. The number of ether oxygens (including phenoxy) is 1. The molecule has 0 radical (unpaired) electrons. The average molecular weight is 247 g/mol. The molecule has 0 bridgehead atoms. The van der Waals surface area contributed by atoms with Gasteiger partial charge >= 0.3 is 0 Å². The largest absolute Gasteiger partial charge is 0.496 e. The zero-order chi connectivity index (χ0) is 13.1. The minimum atomic E-state index is -0.288. The second-order valence-corrected chi connectivity index (χ2v) is 4.43. The quantitative estimate of drug-likeness (QED) is 0.828. The number of benzene rings is 1. The molecule has 0 spiro atoms. The van der Waals surface area contributed by atoms with Crippen molar-refractivity contribution in [3.05, 3.63) is 29.3 Å². The molecule has 1 atom stereocenters. The number of carbonyl (C=O) groups is 2. The molecule has 18 heavy (non-hydrogen) atoms. The number of piperidine rings is 1. The van der Waals surface area contributed by atoms with Crippen molar-refractivity contribution in [2.75, 3.05) is 7.11 Å². The Morgan fingerprint density at radius 1 is 1.39 bits per heavy atom. The topological polar surface area (TPSA) is 55.4 Å². The third-order valence-corrected chi connectivity index (χ3v) is 3.32. The summed E-state index contributed by atoms with van der Waals surface area (Å²) < 4.78 is 5.31. The monoisotopic (exact) mass is 247 g/mol. The first kappa shape index (κ1) is 12.6. The molecule has 96 valence electrons. The lowest BCUT2D eigenvalue weighted by Crippen LogP contribution is -2.39. The van der Waals surface area contributed by atoms with Gasteiger partial charge in [-0.15, -0.1) is 0 Å². The molecule has 4 heteroatoms. The second-order valence-electron chi connectivity index (χ2n) is 4.43. The lowest BCUT2D eigenvalue weighted by Gasteiger charge is -2.23. The molecule has 1 fully saturated rings. The van der Waals surface area contributed by atoms with E-state index in [4.69, 9.17) is 4.74 Å². The van der Waals surface area contributed by atoms with Crippen LogP contribution in [0.25, 0.3) is 0 Å². The van der Waals surface area contributed by atoms with Crippen molar-refractivity contribution >= 4 is 11.8 Å². The van der Waals surface area contributed by atoms with Crippen LogP contribution in [-0.2, 0) is 16.0 Å². The lowest BCUT2D eigenvalue weighted by molar-refractivity contribution is -0.134. The number of methoxy groups -OCH3 is 1. The Bertz CT molecular complexity index is 482. The van der Waals surface area contributed by atoms with Crippen LogP contribution in [0.15, 0.2) is 18.2 Å². The zero-order valence-corrected chi connectivity index (χ0v) is 10.7. The predicted octanol–water partition coefficient (Wildman–Crippen LogP) is 1.78. The van der Waals surface area contributed by atoms with Gasteiger partial charge in [0.1, 0.15) is 5.75 Å². The van der Waals surface area contributed by atoms with E-state index < -0.39 is 0 Å². The number of carbonyl (C=O) groups excluding carboxylic acids is 2. The summed E-state index contributed by atoms with van der Waals surface area (Å²) >= 11 is 0. The second kappa shape index (κ2) is 5.21. The maximum atomic E-state index is 11.9. The lowest BCUT2D eigenvalue weighted by atomic mass is 9.88. The Hall–Kier alpha value is -1.84. The number of hydrogen-bond acceptors (Lipinski definition) is 3. The van der Waals surface area contributed by atoms with E-state index in [-0.39, 0.29) is 17.7 Å². The van der Waals surface area contributed by atoms with Crippen molar-refractivity contribution in [1.82, 2.24) is 5.32 Å². The molecule has 1 aliphatic rings. The smallest absolute Gasteiger partial charge is 0.234 e. The number of rotatable bonds is 3. The first-order valence-electron chi connectivity index (χ1n) is 6.16. The van der Waals surface area contributed by atoms with Crippen molar-refractivity contribution in [1.29, 1.82) is 0 Å². The molecule has 1 heterocycles. The Morgan fingerprint density at radius 3 is 2.78 bits per heavy atom. The van der Waals surface area contributed by atoms with E-state index in [1.165, 1.54) is 0 Å². The van der Waals surface area contributed by atoms with Crippen LogP contribution in [0.5, 0.6) is 5.75 Å². The summed E-state index contributed by atoms with van der Waals surface area (Å²) in [6.07, 6.45) is 1.84. The van der Waals surface area contributed by atoms with Crippen molar-refractivity contribution < 1.29 is 14.3 Å². The summed E-state index contributed by atoms with van der Waals surface area (Å²) in [4.78, 5) is 23.1. The van der Waals surface area contributed by atoms with E-state index in [0.717, 1.165) is 17.5 Å². The van der Waals surface area contributed by atoms with Gasteiger partial charge in [-0.1, -0.05) is 19.1 Å². The van der Waals surface area contributed by atoms with Gasteiger partial charge in [0, 0.05) is 12.0 Å². The molecule has 1 unspecified atom stereocenters. The number of aryl methyl sites for hydroxylation is 1. The van der Waals surface area contributed by atoms with Crippen LogP contribution in [0.3, 0.4) is 0 Å². The summed E-state index contributed by atoms with van der Waals surface area (Å²) in [6, 6.07) is 5.88. The van der Waals surface area contributed by atoms with Gasteiger partial charge in [0.2, 0.25) is 11.8 Å². The van der Waals surface area contributed by atoms with E-state index in [1.54, 1.807) is 7.11 Å². The molecule has 2 rings (SSSR count). The van der Waals surface area contributed by atoms with Crippen molar-refractivity contribution in [2.24, 2.45) is 0 Å². The van der Waals surface area contributed by atoms with Gasteiger partial charge in [-0.25, -0.2) is 0 Å². The van der Waals surface area contributed by atoms with E-state index in [0.29, 0.717) is 18.6 Å². The minimum absolute atomic E-state index is 0.193. The highest BCUT2D eigenvalue weighted by Crippen LogP contribution is 2.32. The van der Waals surface area contributed by atoms with Crippen LogP contribution in [-0.4, -0.2) is 18.9 Å². The highest BCUT2D eigenvalue weighted by atomic mass is 16.5. The molecular formula is C14H17NO3. The molecular weight excluding hydrogens is 230 g/mol. The normalized spacial score (nSPS) is 19.6. The van der Waals surface area contributed by atoms with Gasteiger partial charge in [-0.2, -0.15) is 0 Å². The number of nitrogens with one attached hydrogen (secondary N) is 1. The number of hydrogen-bond donors (Lipinski definition) is 1. The van der Waals surface area contributed by atoms with Gasteiger partial charge < -0.3 is 4.74 Å². The molecule has 0 saturated carbocycles. The van der Waals surface area contributed by atoms with Crippen LogP contribution in [0.4, 0.5) is 0 Å². The summed E-state index contributed by atoms with van der Waals surface area (Å²) in [6.45, 7) is 2.07.